The van der Waals surface area contributed by atoms with Crippen LogP contribution < -0.4 is 0 Å². The standard InChI is InChI=1S/C30H18Cl2N2/c31-19-7-5-9-21(15-19)33-27-13-3-1-11-23(27)25-17-30-26(18-29(25)33)24-12-2-4-14-28(24)34(30)22-10-6-8-20(32)16-22/h1-18H. The van der Waals surface area contributed by atoms with Gasteiger partial charge >= 0.3 is 0 Å². The lowest BCUT2D eigenvalue weighted by atomic mass is 10.1. The van der Waals surface area contributed by atoms with Crippen LogP contribution in [0.25, 0.3) is 55.0 Å². The van der Waals surface area contributed by atoms with Crippen LogP contribution in [0.5, 0.6) is 0 Å². The Bertz CT molecular complexity index is 1750. The summed E-state index contributed by atoms with van der Waals surface area (Å²) in [6.45, 7) is 0. The minimum atomic E-state index is 0.724. The van der Waals surface area contributed by atoms with Gasteiger partial charge in [0.05, 0.1) is 22.1 Å². The van der Waals surface area contributed by atoms with E-state index >= 15 is 0 Å². The molecular formula is C30H18Cl2N2. The smallest absolute Gasteiger partial charge is 0.0548 e. The molecule has 0 saturated heterocycles. The summed E-state index contributed by atoms with van der Waals surface area (Å²) in [7, 11) is 0. The van der Waals surface area contributed by atoms with Gasteiger partial charge in [-0.3, -0.25) is 0 Å². The second-order valence-electron chi connectivity index (χ2n) is 8.55. The Hall–Kier alpha value is -3.72. The zero-order valence-corrected chi connectivity index (χ0v) is 19.6. The first-order chi connectivity index (χ1) is 16.7. The van der Waals surface area contributed by atoms with Crippen LogP contribution in [0.4, 0.5) is 0 Å². The van der Waals surface area contributed by atoms with Crippen LogP contribution in [0.15, 0.2) is 109 Å². The molecule has 0 fully saturated rings. The van der Waals surface area contributed by atoms with Crippen molar-refractivity contribution < 1.29 is 0 Å². The predicted molar refractivity (Wildman–Crippen MR) is 145 cm³/mol. The maximum atomic E-state index is 6.39. The Morgan fingerprint density at radius 3 is 1.26 bits per heavy atom. The Balaban J connectivity index is 1.68. The zero-order valence-electron chi connectivity index (χ0n) is 18.0. The molecule has 0 atom stereocenters. The van der Waals surface area contributed by atoms with Crippen LogP contribution in [-0.4, -0.2) is 9.13 Å². The maximum absolute atomic E-state index is 6.39. The third-order valence-corrected chi connectivity index (χ3v) is 7.07. The van der Waals surface area contributed by atoms with Crippen molar-refractivity contribution in [2.24, 2.45) is 0 Å². The lowest BCUT2D eigenvalue weighted by Crippen LogP contribution is -1.94. The normalized spacial score (nSPS) is 11.8. The van der Waals surface area contributed by atoms with Gasteiger partial charge in [-0.1, -0.05) is 71.7 Å². The minimum absolute atomic E-state index is 0.724. The molecule has 0 radical (unpaired) electrons. The fraction of sp³-hybridized carbons (Fsp3) is 0. The molecule has 162 valence electrons. The number of para-hydroxylation sites is 2. The molecule has 2 heterocycles. The number of hydrogen-bond acceptors (Lipinski definition) is 0. The predicted octanol–water partition coefficient (Wildman–Crippen LogP) is 9.19. The van der Waals surface area contributed by atoms with Gasteiger partial charge in [-0.2, -0.15) is 0 Å². The molecule has 0 aliphatic heterocycles. The number of nitrogens with zero attached hydrogens (tertiary/aromatic N) is 2. The third kappa shape index (κ3) is 2.83. The van der Waals surface area contributed by atoms with Gasteiger partial charge < -0.3 is 9.13 Å². The highest BCUT2D eigenvalue weighted by Crippen LogP contribution is 2.39. The first-order valence-electron chi connectivity index (χ1n) is 11.2. The van der Waals surface area contributed by atoms with E-state index in [4.69, 9.17) is 23.2 Å². The van der Waals surface area contributed by atoms with E-state index in [-0.39, 0.29) is 0 Å². The van der Waals surface area contributed by atoms with E-state index in [9.17, 15) is 0 Å². The molecule has 2 nitrogen and oxygen atoms in total. The molecule has 5 aromatic carbocycles. The van der Waals surface area contributed by atoms with Gasteiger partial charge in [0.2, 0.25) is 0 Å². The zero-order chi connectivity index (χ0) is 22.8. The van der Waals surface area contributed by atoms with Crippen molar-refractivity contribution in [3.8, 4) is 11.4 Å². The van der Waals surface area contributed by atoms with Crippen molar-refractivity contribution >= 4 is 66.8 Å². The van der Waals surface area contributed by atoms with E-state index in [1.165, 1.54) is 21.5 Å². The summed E-state index contributed by atoms with van der Waals surface area (Å²) < 4.78 is 4.61. The SMILES string of the molecule is Clc1cccc(-n2c3ccccc3c3cc4c(cc32)c2ccccc2n4-c2cccc(Cl)c2)c1. The van der Waals surface area contributed by atoms with Crippen molar-refractivity contribution in [2.45, 2.75) is 0 Å². The highest BCUT2D eigenvalue weighted by atomic mass is 35.5. The van der Waals surface area contributed by atoms with Crippen LogP contribution in [0, 0.1) is 0 Å². The second-order valence-corrected chi connectivity index (χ2v) is 9.42. The molecule has 0 N–H and O–H groups in total. The number of benzene rings is 5. The van der Waals surface area contributed by atoms with E-state index in [0.717, 1.165) is 43.5 Å². The number of halogens is 2. The van der Waals surface area contributed by atoms with E-state index < -0.39 is 0 Å². The average molecular weight is 477 g/mol. The number of fused-ring (bicyclic) bond motifs is 6. The summed E-state index contributed by atoms with van der Waals surface area (Å²) in [6.07, 6.45) is 0. The molecule has 0 amide bonds. The highest BCUT2D eigenvalue weighted by Gasteiger charge is 2.18. The molecule has 7 aromatic rings. The first kappa shape index (κ1) is 19.7. The van der Waals surface area contributed by atoms with Crippen LogP contribution in [0.3, 0.4) is 0 Å². The van der Waals surface area contributed by atoms with Crippen molar-refractivity contribution in [2.75, 3.05) is 0 Å². The summed E-state index contributed by atoms with van der Waals surface area (Å²) >= 11 is 12.8. The molecular weight excluding hydrogens is 459 g/mol. The van der Waals surface area contributed by atoms with Gasteiger partial charge in [0.25, 0.3) is 0 Å². The molecule has 4 heteroatoms. The molecule has 2 aromatic heterocycles. The van der Waals surface area contributed by atoms with Gasteiger partial charge in [-0.15, -0.1) is 0 Å². The lowest BCUT2D eigenvalue weighted by Gasteiger charge is -2.09. The monoisotopic (exact) mass is 476 g/mol. The topological polar surface area (TPSA) is 9.86 Å². The van der Waals surface area contributed by atoms with Gasteiger partial charge in [0.1, 0.15) is 0 Å². The Labute approximate surface area is 206 Å². The summed E-state index contributed by atoms with van der Waals surface area (Å²) in [5.74, 6) is 0. The fourth-order valence-electron chi connectivity index (χ4n) is 5.22. The maximum Gasteiger partial charge on any atom is 0.0548 e. The molecule has 0 saturated carbocycles. The van der Waals surface area contributed by atoms with Crippen LogP contribution in [-0.2, 0) is 0 Å². The number of rotatable bonds is 2. The Morgan fingerprint density at radius 2 is 0.824 bits per heavy atom. The van der Waals surface area contributed by atoms with E-state index in [1.807, 2.05) is 36.4 Å². The highest BCUT2D eigenvalue weighted by molar-refractivity contribution is 6.31. The van der Waals surface area contributed by atoms with Crippen LogP contribution in [0.1, 0.15) is 0 Å². The lowest BCUT2D eigenvalue weighted by molar-refractivity contribution is 1.17. The second kappa shape index (κ2) is 7.39. The molecule has 0 spiro atoms. The number of hydrogen-bond donors (Lipinski definition) is 0. The van der Waals surface area contributed by atoms with E-state index in [2.05, 4.69) is 81.9 Å². The molecule has 0 unspecified atom stereocenters. The van der Waals surface area contributed by atoms with Crippen LogP contribution >= 0.6 is 23.2 Å². The minimum Gasteiger partial charge on any atom is -0.309 e. The average Bonchev–Trinajstić information content (AvgIpc) is 3.35. The van der Waals surface area contributed by atoms with Crippen molar-refractivity contribution in [1.82, 2.24) is 9.13 Å². The van der Waals surface area contributed by atoms with Crippen molar-refractivity contribution in [1.29, 1.82) is 0 Å². The third-order valence-electron chi connectivity index (χ3n) is 6.60. The van der Waals surface area contributed by atoms with Crippen LogP contribution in [0.2, 0.25) is 10.0 Å². The van der Waals surface area contributed by atoms with Gasteiger partial charge in [-0.05, 0) is 60.7 Å². The largest absolute Gasteiger partial charge is 0.309 e. The molecule has 7 rings (SSSR count). The van der Waals surface area contributed by atoms with Gasteiger partial charge in [0.15, 0.2) is 0 Å². The van der Waals surface area contributed by atoms with Crippen molar-refractivity contribution in [3.63, 3.8) is 0 Å². The summed E-state index contributed by atoms with van der Waals surface area (Å²) in [6, 6.07) is 37.8. The Morgan fingerprint density at radius 1 is 0.382 bits per heavy atom. The summed E-state index contributed by atoms with van der Waals surface area (Å²) in [5.41, 5.74) is 6.74. The van der Waals surface area contributed by atoms with Gasteiger partial charge in [-0.25, -0.2) is 0 Å². The molecule has 0 aliphatic rings. The fourth-order valence-corrected chi connectivity index (χ4v) is 5.59. The van der Waals surface area contributed by atoms with E-state index in [0.29, 0.717) is 0 Å². The molecule has 0 bridgehead atoms. The first-order valence-corrected chi connectivity index (χ1v) is 11.9. The molecule has 0 aliphatic carbocycles. The molecule has 34 heavy (non-hydrogen) atoms. The van der Waals surface area contributed by atoms with Crippen molar-refractivity contribution in [3.05, 3.63) is 119 Å². The van der Waals surface area contributed by atoms with E-state index in [1.54, 1.807) is 0 Å². The summed E-state index contributed by atoms with van der Waals surface area (Å²) in [4.78, 5) is 0. The van der Waals surface area contributed by atoms with Gasteiger partial charge in [0, 0.05) is 43.0 Å². The summed E-state index contributed by atoms with van der Waals surface area (Å²) in [5, 5.41) is 6.28. The Kier molecular flexibility index (Phi) is 4.29. The quantitative estimate of drug-likeness (QED) is 0.235. The number of aromatic nitrogens is 2.